The molecule has 4 N–H and O–H groups in total. The van der Waals surface area contributed by atoms with E-state index in [1.807, 2.05) is 32.0 Å². The van der Waals surface area contributed by atoms with Crippen LogP contribution in [0.4, 0.5) is 0 Å². The van der Waals surface area contributed by atoms with E-state index in [0.717, 1.165) is 40.8 Å². The summed E-state index contributed by atoms with van der Waals surface area (Å²) in [6, 6.07) is 7.56. The van der Waals surface area contributed by atoms with Gasteiger partial charge in [-0.05, 0) is 55.5 Å². The van der Waals surface area contributed by atoms with Crippen LogP contribution in [-0.4, -0.2) is 57.2 Å². The van der Waals surface area contributed by atoms with E-state index in [4.69, 9.17) is 19.7 Å². The first kappa shape index (κ1) is 28.1. The molecule has 2 heterocycles. The van der Waals surface area contributed by atoms with Crippen molar-refractivity contribution in [2.75, 3.05) is 13.7 Å². The number of pyridine rings is 1. The maximum absolute atomic E-state index is 11.0. The number of nitrogens with zero attached hydrogens (tertiary/aromatic N) is 3. The van der Waals surface area contributed by atoms with Crippen LogP contribution in [0.3, 0.4) is 0 Å². The molecule has 2 aromatic heterocycles. The van der Waals surface area contributed by atoms with E-state index >= 15 is 0 Å². The van der Waals surface area contributed by atoms with Crippen LogP contribution in [0.25, 0.3) is 22.8 Å². The molecule has 1 aromatic carbocycles. The Hall–Kier alpha value is -3.50. The number of amides is 1. The molecular formula is C27H36N4O6. The highest BCUT2D eigenvalue weighted by Gasteiger charge is 2.20. The number of primary amides is 1. The fourth-order valence-electron chi connectivity index (χ4n) is 4.19. The van der Waals surface area contributed by atoms with Crippen LogP contribution < -0.4 is 15.2 Å². The second-order valence-corrected chi connectivity index (χ2v) is 9.01. The first-order valence-electron chi connectivity index (χ1n) is 12.5. The highest BCUT2D eigenvalue weighted by atomic mass is 16.5. The van der Waals surface area contributed by atoms with E-state index in [-0.39, 0.29) is 13.0 Å². The summed E-state index contributed by atoms with van der Waals surface area (Å²) in [5.41, 5.74) is 9.20. The number of hydrogen-bond donors (Lipinski definition) is 3. The minimum Gasteiger partial charge on any atom is -0.490 e. The van der Waals surface area contributed by atoms with Gasteiger partial charge in [-0.15, -0.1) is 0 Å². The summed E-state index contributed by atoms with van der Waals surface area (Å²) in [6.07, 6.45) is -0.0873. The van der Waals surface area contributed by atoms with Crippen LogP contribution in [-0.2, 0) is 11.2 Å². The zero-order valence-corrected chi connectivity index (χ0v) is 22.0. The molecule has 10 heteroatoms. The second kappa shape index (κ2) is 12.6. The van der Waals surface area contributed by atoms with Gasteiger partial charge in [0, 0.05) is 35.2 Å². The molecular weight excluding hydrogens is 476 g/mol. The van der Waals surface area contributed by atoms with Crippen molar-refractivity contribution < 1.29 is 29.0 Å². The zero-order chi connectivity index (χ0) is 27.1. The fourth-order valence-corrected chi connectivity index (χ4v) is 4.19. The van der Waals surface area contributed by atoms with E-state index in [0.29, 0.717) is 35.7 Å². The van der Waals surface area contributed by atoms with Gasteiger partial charge in [-0.3, -0.25) is 4.79 Å². The van der Waals surface area contributed by atoms with Crippen molar-refractivity contribution in [3.63, 3.8) is 0 Å². The normalized spacial score (nSPS) is 13.0. The number of rotatable bonds is 13. The van der Waals surface area contributed by atoms with Crippen molar-refractivity contribution in [1.29, 1.82) is 0 Å². The van der Waals surface area contributed by atoms with Crippen LogP contribution >= 0.6 is 0 Å². The molecule has 3 aromatic rings. The van der Waals surface area contributed by atoms with E-state index in [1.54, 1.807) is 13.2 Å². The molecule has 0 aliphatic carbocycles. The topological polar surface area (TPSA) is 154 Å². The van der Waals surface area contributed by atoms with Gasteiger partial charge in [-0.25, -0.2) is 4.98 Å². The first-order chi connectivity index (χ1) is 17.7. The van der Waals surface area contributed by atoms with Crippen LogP contribution in [0.5, 0.6) is 11.6 Å². The smallest absolute Gasteiger partial charge is 0.258 e. The number of carbonyl (C=O) groups is 1. The third kappa shape index (κ3) is 6.84. The van der Waals surface area contributed by atoms with Gasteiger partial charge in [-0.2, -0.15) is 4.98 Å². The third-order valence-corrected chi connectivity index (χ3v) is 6.34. The summed E-state index contributed by atoms with van der Waals surface area (Å²) in [5, 5.41) is 23.9. The average Bonchev–Trinajstić information content (AvgIpc) is 3.38. The standard InChI is InChI=1S/C27H36N4O6/c1-6-16(7-2)21-11-19(12-23(29-21)35-5)27-30-26(31-37-27)18-9-15(4)24(17(8-3)10-18)36-14-20(32)13-22(33)25(28)34/h9-12,16,20,22,32-33H,6-8,13-14H2,1-5H3,(H2,28,34)/t20-,22?/m0/s1. The maximum Gasteiger partial charge on any atom is 0.258 e. The molecule has 37 heavy (non-hydrogen) atoms. The zero-order valence-electron chi connectivity index (χ0n) is 22.0. The third-order valence-electron chi connectivity index (χ3n) is 6.34. The number of aliphatic hydroxyl groups is 2. The number of aromatic nitrogens is 3. The molecule has 0 bridgehead atoms. The van der Waals surface area contributed by atoms with Crippen molar-refractivity contribution >= 4 is 5.91 Å². The Bertz CT molecular complexity index is 1210. The van der Waals surface area contributed by atoms with Gasteiger partial charge in [0.1, 0.15) is 18.5 Å². The summed E-state index contributed by atoms with van der Waals surface area (Å²) in [4.78, 5) is 20.3. The van der Waals surface area contributed by atoms with Crippen molar-refractivity contribution in [2.45, 2.75) is 71.5 Å². The molecule has 0 radical (unpaired) electrons. The Balaban J connectivity index is 1.86. The van der Waals surface area contributed by atoms with Crippen molar-refractivity contribution in [2.24, 2.45) is 5.73 Å². The number of hydrogen-bond acceptors (Lipinski definition) is 9. The Morgan fingerprint density at radius 1 is 1.08 bits per heavy atom. The monoisotopic (exact) mass is 512 g/mol. The summed E-state index contributed by atoms with van der Waals surface area (Å²) < 4.78 is 16.9. The molecule has 1 amide bonds. The minimum absolute atomic E-state index is 0.0907. The first-order valence-corrected chi connectivity index (χ1v) is 12.5. The molecule has 0 saturated heterocycles. The number of nitrogens with two attached hydrogens (primary N) is 1. The van der Waals surface area contributed by atoms with E-state index in [2.05, 4.69) is 29.0 Å². The number of methoxy groups -OCH3 is 1. The summed E-state index contributed by atoms with van der Waals surface area (Å²) in [6.45, 7) is 8.05. The molecule has 0 fully saturated rings. The molecule has 0 saturated carbocycles. The number of aliphatic hydroxyl groups excluding tert-OH is 2. The number of benzene rings is 1. The highest BCUT2D eigenvalue weighted by Crippen LogP contribution is 2.33. The average molecular weight is 513 g/mol. The van der Waals surface area contributed by atoms with Crippen LogP contribution in [0.15, 0.2) is 28.8 Å². The molecule has 10 nitrogen and oxygen atoms in total. The quantitative estimate of drug-likeness (QED) is 0.312. The molecule has 1 unspecified atom stereocenters. The Morgan fingerprint density at radius 2 is 1.81 bits per heavy atom. The van der Waals surface area contributed by atoms with Gasteiger partial charge in [0.25, 0.3) is 5.89 Å². The van der Waals surface area contributed by atoms with Crippen molar-refractivity contribution in [3.05, 3.63) is 41.1 Å². The largest absolute Gasteiger partial charge is 0.490 e. The lowest BCUT2D eigenvalue weighted by Gasteiger charge is -2.18. The van der Waals surface area contributed by atoms with Gasteiger partial charge < -0.3 is 29.9 Å². The predicted molar refractivity (Wildman–Crippen MR) is 138 cm³/mol. The van der Waals surface area contributed by atoms with E-state index in [9.17, 15) is 15.0 Å². The Labute approximate surface area is 216 Å². The second-order valence-electron chi connectivity index (χ2n) is 9.01. The lowest BCUT2D eigenvalue weighted by atomic mass is 9.97. The van der Waals surface area contributed by atoms with Crippen molar-refractivity contribution in [3.8, 4) is 34.5 Å². The fraction of sp³-hybridized carbons (Fsp3) is 0.481. The molecule has 3 rings (SSSR count). The summed E-state index contributed by atoms with van der Waals surface area (Å²) in [7, 11) is 1.58. The van der Waals surface area contributed by atoms with Crippen LogP contribution in [0.1, 0.15) is 62.8 Å². The summed E-state index contributed by atoms with van der Waals surface area (Å²) >= 11 is 0. The minimum atomic E-state index is -1.42. The van der Waals surface area contributed by atoms with Gasteiger partial charge in [0.05, 0.1) is 13.2 Å². The van der Waals surface area contributed by atoms with Gasteiger partial charge in [-0.1, -0.05) is 25.9 Å². The molecule has 0 aliphatic heterocycles. The van der Waals surface area contributed by atoms with Crippen LogP contribution in [0, 0.1) is 6.92 Å². The lowest BCUT2D eigenvalue weighted by Crippen LogP contribution is -2.33. The Kier molecular flexibility index (Phi) is 9.60. The Morgan fingerprint density at radius 3 is 2.43 bits per heavy atom. The van der Waals surface area contributed by atoms with Crippen LogP contribution in [0.2, 0.25) is 0 Å². The van der Waals surface area contributed by atoms with E-state index in [1.165, 1.54) is 0 Å². The SMILES string of the molecule is CCc1cc(-c2noc(-c3cc(OC)nc(C(CC)CC)c3)n2)cc(C)c1OC[C@@H](O)CC(O)C(N)=O. The number of carbonyl (C=O) groups excluding carboxylic acids is 1. The van der Waals surface area contributed by atoms with E-state index < -0.39 is 18.1 Å². The summed E-state index contributed by atoms with van der Waals surface area (Å²) in [5.74, 6) is 1.34. The van der Waals surface area contributed by atoms with Crippen molar-refractivity contribution in [1.82, 2.24) is 15.1 Å². The highest BCUT2D eigenvalue weighted by molar-refractivity contribution is 5.78. The molecule has 0 spiro atoms. The van der Waals surface area contributed by atoms with Gasteiger partial charge in [0.15, 0.2) is 0 Å². The lowest BCUT2D eigenvalue weighted by molar-refractivity contribution is -0.127. The van der Waals surface area contributed by atoms with Gasteiger partial charge in [0.2, 0.25) is 17.6 Å². The van der Waals surface area contributed by atoms with Gasteiger partial charge >= 0.3 is 0 Å². The maximum atomic E-state index is 11.0. The predicted octanol–water partition coefficient (Wildman–Crippen LogP) is 3.56. The number of ether oxygens (including phenoxy) is 2. The number of aryl methyl sites for hydroxylation is 2. The molecule has 2 atom stereocenters. The molecule has 0 aliphatic rings. The molecule has 200 valence electrons.